The third-order valence-corrected chi connectivity index (χ3v) is 4.31. The highest BCUT2D eigenvalue weighted by atomic mass is 16.7. The van der Waals surface area contributed by atoms with Gasteiger partial charge in [0.1, 0.15) is 5.75 Å². The van der Waals surface area contributed by atoms with Gasteiger partial charge in [-0.1, -0.05) is 35.4 Å². The summed E-state index contributed by atoms with van der Waals surface area (Å²) in [4.78, 5) is 42.5. The van der Waals surface area contributed by atoms with Gasteiger partial charge in [0.2, 0.25) is 0 Å². The Labute approximate surface area is 151 Å². The zero-order chi connectivity index (χ0) is 18.9. The van der Waals surface area contributed by atoms with Gasteiger partial charge >= 0.3 is 5.97 Å². The molecule has 0 saturated heterocycles. The molecule has 0 N–H and O–H groups in total. The lowest BCUT2D eigenvalue weighted by molar-refractivity contribution is -0.179. The number of hydrogen-bond acceptors (Lipinski definition) is 5. The Morgan fingerprint density at radius 3 is 2.08 bits per heavy atom. The van der Waals surface area contributed by atoms with E-state index in [1.54, 1.807) is 39.2 Å². The lowest BCUT2D eigenvalue weighted by atomic mass is 9.85. The molecular formula is C20H19NO5. The number of para-hydroxylation sites is 1. The maximum absolute atomic E-state index is 12.7. The molecule has 6 nitrogen and oxygen atoms in total. The van der Waals surface area contributed by atoms with Gasteiger partial charge in [0.25, 0.3) is 11.8 Å². The fraction of sp³-hybridized carbons (Fsp3) is 0.250. The number of carbonyl (C=O) groups excluding carboxylic acids is 3. The summed E-state index contributed by atoms with van der Waals surface area (Å²) in [5, 5.41) is 0.539. The van der Waals surface area contributed by atoms with Crippen LogP contribution in [0.25, 0.3) is 0 Å². The standard InChI is InChI=1S/C20H19NO5/c1-20(2,12-13-8-4-7-11-16(13)25-3)19(24)26-21-17(22)14-9-5-6-10-15(14)18(21)23/h4-11H,12H2,1-3H3. The van der Waals surface area contributed by atoms with Crippen molar-refractivity contribution in [1.82, 2.24) is 5.06 Å². The predicted octanol–water partition coefficient (Wildman–Crippen LogP) is 3.02. The Morgan fingerprint density at radius 2 is 1.50 bits per heavy atom. The molecule has 0 aliphatic carbocycles. The summed E-state index contributed by atoms with van der Waals surface area (Å²) in [5.74, 6) is -1.27. The molecule has 0 atom stereocenters. The number of imide groups is 1. The minimum atomic E-state index is -0.968. The first-order valence-corrected chi connectivity index (χ1v) is 8.17. The fourth-order valence-corrected chi connectivity index (χ4v) is 2.85. The highest BCUT2D eigenvalue weighted by molar-refractivity contribution is 6.20. The molecule has 0 unspecified atom stereocenters. The molecule has 0 bridgehead atoms. The Balaban J connectivity index is 1.77. The topological polar surface area (TPSA) is 72.9 Å². The number of nitrogens with zero attached hydrogens (tertiary/aromatic N) is 1. The molecular weight excluding hydrogens is 334 g/mol. The highest BCUT2D eigenvalue weighted by Crippen LogP contribution is 2.30. The molecule has 0 fully saturated rings. The molecule has 1 aliphatic rings. The number of benzene rings is 2. The third-order valence-electron chi connectivity index (χ3n) is 4.31. The average molecular weight is 353 g/mol. The Kier molecular flexibility index (Phi) is 4.50. The zero-order valence-electron chi connectivity index (χ0n) is 14.8. The number of carbonyl (C=O) groups is 3. The fourth-order valence-electron chi connectivity index (χ4n) is 2.85. The number of amides is 2. The zero-order valence-corrected chi connectivity index (χ0v) is 14.8. The van der Waals surface area contributed by atoms with E-state index in [2.05, 4.69) is 0 Å². The van der Waals surface area contributed by atoms with Crippen molar-refractivity contribution in [3.8, 4) is 5.75 Å². The van der Waals surface area contributed by atoms with Crippen molar-refractivity contribution >= 4 is 17.8 Å². The van der Waals surface area contributed by atoms with Crippen molar-refractivity contribution in [3.05, 3.63) is 65.2 Å². The average Bonchev–Trinajstić information content (AvgIpc) is 2.87. The van der Waals surface area contributed by atoms with Crippen molar-refractivity contribution < 1.29 is 24.0 Å². The highest BCUT2D eigenvalue weighted by Gasteiger charge is 2.41. The van der Waals surface area contributed by atoms with Crippen LogP contribution in [-0.2, 0) is 16.1 Å². The summed E-state index contributed by atoms with van der Waals surface area (Å²) in [6, 6.07) is 13.7. The molecule has 1 heterocycles. The predicted molar refractivity (Wildman–Crippen MR) is 93.5 cm³/mol. The summed E-state index contributed by atoms with van der Waals surface area (Å²) in [7, 11) is 1.56. The minimum Gasteiger partial charge on any atom is -0.496 e. The van der Waals surface area contributed by atoms with E-state index in [9.17, 15) is 14.4 Å². The second kappa shape index (κ2) is 6.63. The van der Waals surface area contributed by atoms with E-state index in [-0.39, 0.29) is 11.1 Å². The van der Waals surface area contributed by atoms with Crippen LogP contribution in [0.2, 0.25) is 0 Å². The minimum absolute atomic E-state index is 0.229. The quantitative estimate of drug-likeness (QED) is 0.773. The van der Waals surface area contributed by atoms with Crippen LogP contribution in [-0.4, -0.2) is 30.0 Å². The Hall–Kier alpha value is -3.15. The van der Waals surface area contributed by atoms with Crippen LogP contribution < -0.4 is 4.74 Å². The lowest BCUT2D eigenvalue weighted by Crippen LogP contribution is -2.39. The van der Waals surface area contributed by atoms with Crippen LogP contribution in [0.5, 0.6) is 5.75 Å². The number of ether oxygens (including phenoxy) is 1. The third kappa shape index (κ3) is 3.06. The van der Waals surface area contributed by atoms with Crippen LogP contribution in [0.4, 0.5) is 0 Å². The van der Waals surface area contributed by atoms with E-state index in [4.69, 9.17) is 9.57 Å². The van der Waals surface area contributed by atoms with Crippen molar-refractivity contribution in [3.63, 3.8) is 0 Å². The van der Waals surface area contributed by atoms with E-state index in [0.717, 1.165) is 5.56 Å². The molecule has 0 radical (unpaired) electrons. The summed E-state index contributed by atoms with van der Waals surface area (Å²) < 4.78 is 5.31. The van der Waals surface area contributed by atoms with Gasteiger partial charge in [-0.3, -0.25) is 9.59 Å². The molecule has 1 aliphatic heterocycles. The number of hydrogen-bond donors (Lipinski definition) is 0. The van der Waals surface area contributed by atoms with E-state index in [1.165, 1.54) is 12.1 Å². The number of rotatable bonds is 5. The summed E-state index contributed by atoms with van der Waals surface area (Å²) in [6.07, 6.45) is 0.332. The Morgan fingerprint density at radius 1 is 0.962 bits per heavy atom. The molecule has 6 heteroatoms. The van der Waals surface area contributed by atoms with Gasteiger partial charge in [-0.05, 0) is 44.0 Å². The van der Waals surface area contributed by atoms with Gasteiger partial charge in [-0.15, -0.1) is 0 Å². The molecule has 0 spiro atoms. The van der Waals surface area contributed by atoms with Crippen molar-refractivity contribution in [2.45, 2.75) is 20.3 Å². The van der Waals surface area contributed by atoms with Crippen LogP contribution in [0.3, 0.4) is 0 Å². The second-order valence-corrected chi connectivity index (χ2v) is 6.70. The second-order valence-electron chi connectivity index (χ2n) is 6.70. The van der Waals surface area contributed by atoms with Crippen LogP contribution in [0, 0.1) is 5.41 Å². The molecule has 134 valence electrons. The molecule has 3 rings (SSSR count). The summed E-state index contributed by atoms with van der Waals surface area (Å²) in [5.41, 5.74) is 0.323. The molecule has 2 aromatic rings. The summed E-state index contributed by atoms with van der Waals surface area (Å²) >= 11 is 0. The van der Waals surface area contributed by atoms with Crippen molar-refractivity contribution in [1.29, 1.82) is 0 Å². The molecule has 2 aromatic carbocycles. The monoisotopic (exact) mass is 353 g/mol. The largest absolute Gasteiger partial charge is 0.496 e. The van der Waals surface area contributed by atoms with Gasteiger partial charge in [0.15, 0.2) is 0 Å². The molecule has 0 saturated carbocycles. The molecule has 0 aromatic heterocycles. The maximum atomic E-state index is 12.7. The van der Waals surface area contributed by atoms with Crippen molar-refractivity contribution in [2.75, 3.05) is 7.11 Å². The first kappa shape index (κ1) is 17.7. The van der Waals surface area contributed by atoms with Crippen LogP contribution >= 0.6 is 0 Å². The molecule has 2 amide bonds. The van der Waals surface area contributed by atoms with Gasteiger partial charge < -0.3 is 9.57 Å². The first-order chi connectivity index (χ1) is 12.3. The van der Waals surface area contributed by atoms with E-state index in [1.807, 2.05) is 18.2 Å². The SMILES string of the molecule is COc1ccccc1CC(C)(C)C(=O)ON1C(=O)c2ccccc2C1=O. The van der Waals surface area contributed by atoms with Gasteiger partial charge in [0.05, 0.1) is 23.7 Å². The maximum Gasteiger partial charge on any atom is 0.339 e. The normalized spacial score (nSPS) is 13.6. The van der Waals surface area contributed by atoms with Gasteiger partial charge in [0, 0.05) is 0 Å². The van der Waals surface area contributed by atoms with Gasteiger partial charge in [-0.2, -0.15) is 0 Å². The van der Waals surface area contributed by atoms with E-state index in [0.29, 0.717) is 17.2 Å². The Bertz CT molecular complexity index is 852. The van der Waals surface area contributed by atoms with Crippen LogP contribution in [0.15, 0.2) is 48.5 Å². The number of methoxy groups -OCH3 is 1. The van der Waals surface area contributed by atoms with E-state index < -0.39 is 23.2 Å². The first-order valence-electron chi connectivity index (χ1n) is 8.17. The smallest absolute Gasteiger partial charge is 0.339 e. The van der Waals surface area contributed by atoms with Crippen molar-refractivity contribution in [2.24, 2.45) is 5.41 Å². The number of fused-ring (bicyclic) bond motifs is 1. The van der Waals surface area contributed by atoms with E-state index >= 15 is 0 Å². The summed E-state index contributed by atoms with van der Waals surface area (Å²) in [6.45, 7) is 3.39. The van der Waals surface area contributed by atoms with Crippen LogP contribution in [0.1, 0.15) is 40.1 Å². The number of hydroxylamine groups is 2. The lowest BCUT2D eigenvalue weighted by Gasteiger charge is -2.25. The molecule has 26 heavy (non-hydrogen) atoms. The van der Waals surface area contributed by atoms with Gasteiger partial charge in [-0.25, -0.2) is 4.79 Å².